The van der Waals surface area contributed by atoms with Gasteiger partial charge in [-0.15, -0.1) is 0 Å². The molecule has 0 spiro atoms. The third kappa shape index (κ3) is 4.06. The van der Waals surface area contributed by atoms with Crippen molar-refractivity contribution in [1.82, 2.24) is 4.98 Å². The number of anilines is 2. The molecule has 28 heavy (non-hydrogen) atoms. The van der Waals surface area contributed by atoms with Gasteiger partial charge in [-0.25, -0.2) is 8.42 Å². The Kier molecular flexibility index (Phi) is 4.99. The van der Waals surface area contributed by atoms with Crippen LogP contribution in [0.3, 0.4) is 0 Å². The molecule has 1 aromatic heterocycles. The molecule has 3 rings (SSSR count). The van der Waals surface area contributed by atoms with Crippen LogP contribution in [0.4, 0.5) is 24.5 Å². The van der Waals surface area contributed by atoms with Crippen molar-refractivity contribution in [3.8, 4) is 0 Å². The van der Waals surface area contributed by atoms with E-state index in [-0.39, 0.29) is 5.69 Å². The predicted octanol–water partition coefficient (Wildman–Crippen LogP) is 4.01. The summed E-state index contributed by atoms with van der Waals surface area (Å²) in [4.78, 5) is 15.0. The number of para-hydroxylation sites is 1. The van der Waals surface area contributed by atoms with Crippen LogP contribution in [0.1, 0.15) is 12.5 Å². The summed E-state index contributed by atoms with van der Waals surface area (Å²) in [6.07, 6.45) is -3.20. The number of aromatic nitrogens is 1. The quantitative estimate of drug-likeness (QED) is 0.682. The van der Waals surface area contributed by atoms with Crippen LogP contribution in [0.15, 0.2) is 59.6 Å². The lowest BCUT2D eigenvalue weighted by molar-refractivity contribution is -0.137. The Morgan fingerprint density at radius 1 is 1.04 bits per heavy atom. The average molecular weight is 409 g/mol. The van der Waals surface area contributed by atoms with Crippen LogP contribution in [0, 0.1) is 0 Å². The second-order valence-electron chi connectivity index (χ2n) is 5.88. The number of rotatable bonds is 4. The Labute approximate surface area is 158 Å². The van der Waals surface area contributed by atoms with Gasteiger partial charge in [-0.1, -0.05) is 18.2 Å². The summed E-state index contributed by atoms with van der Waals surface area (Å²) < 4.78 is 66.9. The predicted molar refractivity (Wildman–Crippen MR) is 98.3 cm³/mol. The molecule has 0 atom stereocenters. The van der Waals surface area contributed by atoms with E-state index >= 15 is 0 Å². The monoisotopic (exact) mass is 409 g/mol. The highest BCUT2D eigenvalue weighted by molar-refractivity contribution is 7.93. The number of benzene rings is 2. The van der Waals surface area contributed by atoms with Crippen LogP contribution < -0.4 is 10.0 Å². The van der Waals surface area contributed by atoms with Crippen LogP contribution in [0.5, 0.6) is 0 Å². The molecule has 0 radical (unpaired) electrons. The third-order valence-electron chi connectivity index (χ3n) is 3.78. The number of hydrogen-bond acceptors (Lipinski definition) is 4. The smallest absolute Gasteiger partial charge is 0.325 e. The lowest BCUT2D eigenvalue weighted by atomic mass is 10.2. The molecular formula is C18H14F3N3O3S. The highest BCUT2D eigenvalue weighted by atomic mass is 32.2. The first-order chi connectivity index (χ1) is 13.1. The third-order valence-corrected chi connectivity index (χ3v) is 5.21. The Hall–Kier alpha value is -3.14. The number of carbonyl (C=O) groups is 1. The molecule has 0 bridgehead atoms. The molecule has 0 fully saturated rings. The van der Waals surface area contributed by atoms with Gasteiger partial charge in [-0.3, -0.25) is 14.5 Å². The molecule has 146 valence electrons. The number of nitrogens with zero attached hydrogens (tertiary/aromatic N) is 1. The molecule has 0 saturated carbocycles. The molecule has 0 aliphatic heterocycles. The molecule has 6 nitrogen and oxygen atoms in total. The molecule has 1 heterocycles. The summed E-state index contributed by atoms with van der Waals surface area (Å²) in [6.45, 7) is 1.07. The van der Waals surface area contributed by atoms with Gasteiger partial charge in [-0.05, 0) is 30.3 Å². The molecule has 10 heteroatoms. The first kappa shape index (κ1) is 19.6. The van der Waals surface area contributed by atoms with E-state index < -0.39 is 38.3 Å². The van der Waals surface area contributed by atoms with Gasteiger partial charge in [0.2, 0.25) is 5.91 Å². The second kappa shape index (κ2) is 7.12. The van der Waals surface area contributed by atoms with Crippen molar-refractivity contribution in [2.24, 2.45) is 0 Å². The lowest BCUT2D eigenvalue weighted by Gasteiger charge is -2.16. The Morgan fingerprint density at radius 2 is 1.75 bits per heavy atom. The fourth-order valence-corrected chi connectivity index (χ4v) is 3.83. The van der Waals surface area contributed by atoms with Gasteiger partial charge in [0.15, 0.2) is 0 Å². The molecule has 0 aliphatic rings. The van der Waals surface area contributed by atoms with E-state index in [4.69, 9.17) is 0 Å². The molecule has 0 saturated heterocycles. The Balaban J connectivity index is 2.09. The van der Waals surface area contributed by atoms with E-state index in [0.717, 1.165) is 13.0 Å². The number of hydrogen-bond donors (Lipinski definition) is 2. The van der Waals surface area contributed by atoms with E-state index in [2.05, 4.69) is 15.0 Å². The molecule has 0 unspecified atom stereocenters. The maximum absolute atomic E-state index is 13.0. The Bertz CT molecular complexity index is 1160. The van der Waals surface area contributed by atoms with Gasteiger partial charge in [0.1, 0.15) is 4.90 Å². The first-order valence-corrected chi connectivity index (χ1v) is 9.42. The summed E-state index contributed by atoms with van der Waals surface area (Å²) in [5.41, 5.74) is -1.02. The molecular weight excluding hydrogens is 395 g/mol. The zero-order valence-corrected chi connectivity index (χ0v) is 15.2. The van der Waals surface area contributed by atoms with Crippen molar-refractivity contribution in [3.63, 3.8) is 0 Å². The minimum atomic E-state index is -4.69. The van der Waals surface area contributed by atoms with Crippen LogP contribution in [-0.4, -0.2) is 19.3 Å². The zero-order chi connectivity index (χ0) is 20.5. The topological polar surface area (TPSA) is 88.2 Å². The summed E-state index contributed by atoms with van der Waals surface area (Å²) in [5.74, 6) is -0.706. The second-order valence-corrected chi connectivity index (χ2v) is 7.53. The van der Waals surface area contributed by atoms with Gasteiger partial charge >= 0.3 is 6.18 Å². The highest BCUT2D eigenvalue weighted by Crippen LogP contribution is 2.34. The number of fused-ring (bicyclic) bond motifs is 1. The number of nitrogens with one attached hydrogen (secondary N) is 2. The molecule has 2 aromatic carbocycles. The van der Waals surface area contributed by atoms with Crippen LogP contribution >= 0.6 is 0 Å². The van der Waals surface area contributed by atoms with Crippen molar-refractivity contribution in [3.05, 3.63) is 60.3 Å². The number of pyridine rings is 1. The van der Waals surface area contributed by atoms with Crippen LogP contribution in [0.25, 0.3) is 10.9 Å². The molecule has 1 amide bonds. The average Bonchev–Trinajstić information content (AvgIpc) is 2.60. The normalized spacial score (nSPS) is 12.0. The number of carbonyl (C=O) groups excluding carboxylic acids is 1. The van der Waals surface area contributed by atoms with Gasteiger partial charge in [0.25, 0.3) is 10.0 Å². The fraction of sp³-hybridized carbons (Fsp3) is 0.111. The van der Waals surface area contributed by atoms with Crippen LogP contribution in [0.2, 0.25) is 0 Å². The first-order valence-electron chi connectivity index (χ1n) is 7.93. The van der Waals surface area contributed by atoms with E-state index in [9.17, 15) is 26.4 Å². The van der Waals surface area contributed by atoms with Gasteiger partial charge < -0.3 is 5.32 Å². The zero-order valence-electron chi connectivity index (χ0n) is 14.4. The number of alkyl halides is 3. The van der Waals surface area contributed by atoms with Crippen molar-refractivity contribution in [2.75, 3.05) is 10.0 Å². The van der Waals surface area contributed by atoms with Gasteiger partial charge in [0.05, 0.1) is 22.5 Å². The van der Waals surface area contributed by atoms with E-state index in [1.807, 2.05) is 0 Å². The van der Waals surface area contributed by atoms with E-state index in [0.29, 0.717) is 23.0 Å². The molecule has 3 aromatic rings. The summed E-state index contributed by atoms with van der Waals surface area (Å²) in [6, 6.07) is 10.3. The summed E-state index contributed by atoms with van der Waals surface area (Å²) in [5, 5.41) is 2.82. The molecule has 2 N–H and O–H groups in total. The largest absolute Gasteiger partial charge is 0.416 e. The minimum Gasteiger partial charge on any atom is -0.325 e. The number of sulfonamides is 1. The van der Waals surface area contributed by atoms with Gasteiger partial charge in [0, 0.05) is 18.5 Å². The van der Waals surface area contributed by atoms with Crippen molar-refractivity contribution in [1.29, 1.82) is 0 Å². The van der Waals surface area contributed by atoms with Crippen molar-refractivity contribution < 1.29 is 26.4 Å². The minimum absolute atomic E-state index is 0.159. The maximum Gasteiger partial charge on any atom is 0.416 e. The maximum atomic E-state index is 13.0. The fourth-order valence-electron chi connectivity index (χ4n) is 2.61. The number of halogens is 3. The molecule has 0 aliphatic carbocycles. The van der Waals surface area contributed by atoms with E-state index in [1.54, 1.807) is 24.3 Å². The highest BCUT2D eigenvalue weighted by Gasteiger charge is 2.32. The van der Waals surface area contributed by atoms with E-state index in [1.165, 1.54) is 12.3 Å². The summed E-state index contributed by atoms with van der Waals surface area (Å²) >= 11 is 0. The van der Waals surface area contributed by atoms with Crippen molar-refractivity contribution in [2.45, 2.75) is 18.0 Å². The SMILES string of the molecule is CC(=O)Nc1cc(C(F)(F)F)ccc1S(=O)(=O)Nc1cccc2cccnc12. The van der Waals surface area contributed by atoms with Crippen molar-refractivity contribution >= 4 is 38.2 Å². The summed E-state index contributed by atoms with van der Waals surface area (Å²) in [7, 11) is -4.32. The Morgan fingerprint density at radius 3 is 2.43 bits per heavy atom. The lowest BCUT2D eigenvalue weighted by Crippen LogP contribution is -2.18. The van der Waals surface area contributed by atoms with Crippen LogP contribution in [-0.2, 0) is 21.0 Å². The number of amides is 1. The van der Waals surface area contributed by atoms with Gasteiger partial charge in [-0.2, -0.15) is 13.2 Å². The standard InChI is InChI=1S/C18H14F3N3O3S/c1-11(25)23-15-10-13(18(19,20)21)7-8-16(15)28(26,27)24-14-6-2-4-12-5-3-9-22-17(12)14/h2-10,24H,1H3,(H,23,25).